The number of amides is 1. The molecule has 2 heterocycles. The van der Waals surface area contributed by atoms with E-state index < -0.39 is 0 Å². The highest BCUT2D eigenvalue weighted by Crippen LogP contribution is 2.18. The van der Waals surface area contributed by atoms with Crippen LogP contribution in [0.5, 0.6) is 0 Å². The third-order valence-electron chi connectivity index (χ3n) is 3.35. The molecule has 0 spiro atoms. The maximum absolute atomic E-state index is 11.6. The molecule has 3 rings (SSSR count). The van der Waals surface area contributed by atoms with Gasteiger partial charge in [-0.3, -0.25) is 4.79 Å². The van der Waals surface area contributed by atoms with E-state index in [2.05, 4.69) is 20.7 Å². The number of rotatable bonds is 6. The second-order valence-corrected chi connectivity index (χ2v) is 5.32. The molecule has 6 nitrogen and oxygen atoms in total. The summed E-state index contributed by atoms with van der Waals surface area (Å²) in [4.78, 5) is 15.7. The van der Waals surface area contributed by atoms with E-state index in [4.69, 9.17) is 0 Å². The number of hydrogen-bond donors (Lipinski definition) is 2. The van der Waals surface area contributed by atoms with Crippen molar-refractivity contribution < 1.29 is 4.79 Å². The molecule has 6 heteroatoms. The minimum absolute atomic E-state index is 0.157. The molecule has 0 unspecified atom stereocenters. The van der Waals surface area contributed by atoms with Crippen molar-refractivity contribution in [2.75, 3.05) is 11.9 Å². The van der Waals surface area contributed by atoms with Crippen molar-refractivity contribution in [1.29, 1.82) is 0 Å². The van der Waals surface area contributed by atoms with Crippen molar-refractivity contribution in [3.63, 3.8) is 0 Å². The van der Waals surface area contributed by atoms with Gasteiger partial charge in [0.2, 0.25) is 5.91 Å². The number of pyridine rings is 1. The van der Waals surface area contributed by atoms with Crippen LogP contribution >= 0.6 is 0 Å². The topological polar surface area (TPSA) is 71.3 Å². The van der Waals surface area contributed by atoms with Gasteiger partial charge in [-0.15, -0.1) is 0 Å². The molecule has 106 valence electrons. The van der Waals surface area contributed by atoms with E-state index >= 15 is 0 Å². The lowest BCUT2D eigenvalue weighted by atomic mass is 10.2. The molecule has 1 aliphatic rings. The van der Waals surface area contributed by atoms with Crippen LogP contribution < -0.4 is 10.6 Å². The van der Waals surface area contributed by atoms with Crippen molar-refractivity contribution >= 4 is 17.4 Å². The van der Waals surface area contributed by atoms with Crippen LogP contribution in [-0.2, 0) is 4.79 Å². The summed E-state index contributed by atoms with van der Waals surface area (Å²) in [5.74, 6) is 1.07. The summed E-state index contributed by atoms with van der Waals surface area (Å²) in [6.45, 7) is 2.78. The number of aromatic nitrogens is 3. The van der Waals surface area contributed by atoms with Gasteiger partial charge in [0.25, 0.3) is 0 Å². The first-order valence-corrected chi connectivity index (χ1v) is 7.06. The fourth-order valence-electron chi connectivity index (χ4n) is 2.18. The Morgan fingerprint density at radius 2 is 2.30 bits per heavy atom. The zero-order valence-corrected chi connectivity index (χ0v) is 11.6. The van der Waals surface area contributed by atoms with Gasteiger partial charge in [0, 0.05) is 19.0 Å². The predicted octanol–water partition coefficient (Wildman–Crippen LogP) is 1.51. The van der Waals surface area contributed by atoms with Gasteiger partial charge in [-0.2, -0.15) is 9.61 Å². The SMILES string of the molecule is Cc1cc(NCCCC(=O)NC2CC2)n2ncnc2c1. The molecule has 0 bridgehead atoms. The minimum atomic E-state index is 0.157. The molecule has 0 aromatic carbocycles. The van der Waals surface area contributed by atoms with Crippen molar-refractivity contribution in [2.45, 2.75) is 38.6 Å². The highest BCUT2D eigenvalue weighted by Gasteiger charge is 2.22. The maximum atomic E-state index is 11.6. The lowest BCUT2D eigenvalue weighted by Gasteiger charge is -2.09. The third kappa shape index (κ3) is 3.07. The van der Waals surface area contributed by atoms with E-state index in [1.165, 1.54) is 0 Å². The number of carbonyl (C=O) groups excluding carboxylic acids is 1. The molecule has 0 saturated heterocycles. The van der Waals surface area contributed by atoms with E-state index in [9.17, 15) is 4.79 Å². The van der Waals surface area contributed by atoms with Crippen LogP contribution in [0.3, 0.4) is 0 Å². The molecule has 2 N–H and O–H groups in total. The van der Waals surface area contributed by atoms with E-state index in [-0.39, 0.29) is 5.91 Å². The highest BCUT2D eigenvalue weighted by atomic mass is 16.1. The van der Waals surface area contributed by atoms with Crippen LogP contribution in [0.25, 0.3) is 5.65 Å². The molecule has 1 amide bonds. The lowest BCUT2D eigenvalue weighted by molar-refractivity contribution is -0.121. The standard InChI is InChI=1S/C14H19N5O/c1-10-7-12(19-13(8-10)16-9-17-19)15-6-2-3-14(20)18-11-4-5-11/h7-9,11,15H,2-6H2,1H3,(H,18,20). The molecule has 2 aromatic rings. The Hall–Kier alpha value is -2.11. The van der Waals surface area contributed by atoms with Crippen LogP contribution in [0.2, 0.25) is 0 Å². The third-order valence-corrected chi connectivity index (χ3v) is 3.35. The summed E-state index contributed by atoms with van der Waals surface area (Å²) < 4.78 is 1.78. The first-order chi connectivity index (χ1) is 9.72. The molecule has 20 heavy (non-hydrogen) atoms. The van der Waals surface area contributed by atoms with E-state index in [0.717, 1.165) is 42.8 Å². The Kier molecular flexibility index (Phi) is 3.54. The van der Waals surface area contributed by atoms with Gasteiger partial charge in [0.05, 0.1) is 0 Å². The highest BCUT2D eigenvalue weighted by molar-refractivity contribution is 5.76. The van der Waals surface area contributed by atoms with Crippen molar-refractivity contribution in [3.05, 3.63) is 24.0 Å². The molecule has 1 aliphatic carbocycles. The first kappa shape index (κ1) is 12.9. The monoisotopic (exact) mass is 273 g/mol. The van der Waals surface area contributed by atoms with Crippen LogP contribution in [0.4, 0.5) is 5.82 Å². The maximum Gasteiger partial charge on any atom is 0.220 e. The Bertz CT molecular complexity index is 617. The second kappa shape index (κ2) is 5.48. The summed E-state index contributed by atoms with van der Waals surface area (Å²) in [7, 11) is 0. The summed E-state index contributed by atoms with van der Waals surface area (Å²) in [5.41, 5.74) is 1.97. The van der Waals surface area contributed by atoms with Crippen LogP contribution in [0, 0.1) is 6.92 Å². The molecular formula is C14H19N5O. The molecule has 1 saturated carbocycles. The van der Waals surface area contributed by atoms with E-state index in [1.807, 2.05) is 19.1 Å². The largest absolute Gasteiger partial charge is 0.370 e. The van der Waals surface area contributed by atoms with Crippen molar-refractivity contribution in [1.82, 2.24) is 19.9 Å². The number of carbonyl (C=O) groups is 1. The summed E-state index contributed by atoms with van der Waals surface area (Å²) in [6, 6.07) is 4.47. The number of nitrogens with zero attached hydrogens (tertiary/aromatic N) is 3. The number of hydrogen-bond acceptors (Lipinski definition) is 4. The molecule has 0 aliphatic heterocycles. The van der Waals surface area contributed by atoms with Crippen molar-refractivity contribution in [2.24, 2.45) is 0 Å². The summed E-state index contributed by atoms with van der Waals surface area (Å²) in [5, 5.41) is 10.5. The average molecular weight is 273 g/mol. The fraction of sp³-hybridized carbons (Fsp3) is 0.500. The van der Waals surface area contributed by atoms with Gasteiger partial charge in [-0.1, -0.05) is 0 Å². The molecule has 2 aromatic heterocycles. The molecule has 0 radical (unpaired) electrons. The number of fused-ring (bicyclic) bond motifs is 1. The van der Waals surface area contributed by atoms with Gasteiger partial charge in [-0.05, 0) is 43.9 Å². The number of anilines is 1. The van der Waals surface area contributed by atoms with Crippen molar-refractivity contribution in [3.8, 4) is 0 Å². The van der Waals surface area contributed by atoms with Crippen LogP contribution in [-0.4, -0.2) is 33.1 Å². The smallest absolute Gasteiger partial charge is 0.220 e. The molecular weight excluding hydrogens is 254 g/mol. The molecule has 0 atom stereocenters. The zero-order chi connectivity index (χ0) is 13.9. The second-order valence-electron chi connectivity index (χ2n) is 5.32. The fourth-order valence-corrected chi connectivity index (χ4v) is 2.18. The Morgan fingerprint density at radius 1 is 1.45 bits per heavy atom. The lowest BCUT2D eigenvalue weighted by Crippen LogP contribution is -2.25. The average Bonchev–Trinajstić information content (AvgIpc) is 3.09. The normalized spacial score (nSPS) is 14.4. The first-order valence-electron chi connectivity index (χ1n) is 7.06. The van der Waals surface area contributed by atoms with Crippen LogP contribution in [0.15, 0.2) is 18.5 Å². The number of nitrogens with one attached hydrogen (secondary N) is 2. The molecule has 1 fully saturated rings. The zero-order valence-electron chi connectivity index (χ0n) is 11.6. The Labute approximate surface area is 117 Å². The van der Waals surface area contributed by atoms with Crippen LogP contribution in [0.1, 0.15) is 31.2 Å². The number of aryl methyl sites for hydroxylation is 1. The quantitative estimate of drug-likeness (QED) is 0.783. The van der Waals surface area contributed by atoms with Gasteiger partial charge >= 0.3 is 0 Å². The van der Waals surface area contributed by atoms with E-state index in [0.29, 0.717) is 12.5 Å². The van der Waals surface area contributed by atoms with Gasteiger partial charge in [0.15, 0.2) is 5.65 Å². The summed E-state index contributed by atoms with van der Waals surface area (Å²) >= 11 is 0. The van der Waals surface area contributed by atoms with Gasteiger partial charge in [-0.25, -0.2) is 4.98 Å². The Balaban J connectivity index is 1.51. The Morgan fingerprint density at radius 3 is 3.10 bits per heavy atom. The van der Waals surface area contributed by atoms with Gasteiger partial charge < -0.3 is 10.6 Å². The minimum Gasteiger partial charge on any atom is -0.370 e. The summed E-state index contributed by atoms with van der Waals surface area (Å²) in [6.07, 6.45) is 5.19. The van der Waals surface area contributed by atoms with E-state index in [1.54, 1.807) is 10.8 Å². The van der Waals surface area contributed by atoms with Gasteiger partial charge in [0.1, 0.15) is 12.1 Å². The predicted molar refractivity (Wildman–Crippen MR) is 76.6 cm³/mol.